The predicted octanol–water partition coefficient (Wildman–Crippen LogP) is 2.28. The second-order valence-corrected chi connectivity index (χ2v) is 6.24. The highest BCUT2D eigenvalue weighted by Crippen LogP contribution is 2.22. The van der Waals surface area contributed by atoms with Gasteiger partial charge >= 0.3 is 0 Å². The fourth-order valence-corrected chi connectivity index (χ4v) is 3.14. The monoisotopic (exact) mass is 256 g/mol. The largest absolute Gasteiger partial charge is 0.251 e. The Morgan fingerprint density at radius 1 is 1.35 bits per heavy atom. The van der Waals surface area contributed by atoms with Gasteiger partial charge in [-0.1, -0.05) is 24.8 Å². The summed E-state index contributed by atoms with van der Waals surface area (Å²) in [7, 11) is -3.54. The van der Waals surface area contributed by atoms with Gasteiger partial charge in [-0.2, -0.15) is 0 Å². The minimum absolute atomic E-state index is 0.204. The van der Waals surface area contributed by atoms with Crippen LogP contribution >= 0.6 is 0 Å². The first-order valence-corrected chi connectivity index (χ1v) is 6.70. The average Bonchev–Trinajstić information content (AvgIpc) is 2.30. The molecule has 2 atom stereocenters. The average molecular weight is 256 g/mol. The fraction of sp³-hybridized carbons (Fsp3) is 0.333. The van der Waals surface area contributed by atoms with E-state index in [1.54, 1.807) is 25.1 Å². The van der Waals surface area contributed by atoms with Crippen LogP contribution < -0.4 is 0 Å². The molecular formula is C12H16O4S. The molecule has 0 heterocycles. The van der Waals surface area contributed by atoms with E-state index in [1.807, 2.05) is 0 Å². The molecule has 0 bridgehead atoms. The standard InChI is InChI=1S/C12H16O4S/c1-9(2)12(16-13)10(3)17(14,15)11-7-5-4-6-8-11/h4-8,10,12-13H,1H2,2-3H3/t10-,12+/m1/s1. The quantitative estimate of drug-likeness (QED) is 0.498. The first kappa shape index (κ1) is 13.9. The van der Waals surface area contributed by atoms with Crippen molar-refractivity contribution in [3.05, 3.63) is 42.5 Å². The molecule has 17 heavy (non-hydrogen) atoms. The molecule has 0 aliphatic heterocycles. The molecule has 1 aromatic carbocycles. The third-order valence-corrected chi connectivity index (χ3v) is 4.74. The summed E-state index contributed by atoms with van der Waals surface area (Å²) in [5, 5.41) is 7.86. The van der Waals surface area contributed by atoms with Crippen LogP contribution in [0.5, 0.6) is 0 Å². The van der Waals surface area contributed by atoms with Crippen molar-refractivity contribution in [1.29, 1.82) is 0 Å². The van der Waals surface area contributed by atoms with Crippen LogP contribution in [0, 0.1) is 0 Å². The van der Waals surface area contributed by atoms with Gasteiger partial charge in [0.15, 0.2) is 9.84 Å². The molecule has 0 unspecified atom stereocenters. The van der Waals surface area contributed by atoms with Gasteiger partial charge in [-0.15, -0.1) is 0 Å². The van der Waals surface area contributed by atoms with Gasteiger partial charge in [-0.05, 0) is 31.6 Å². The zero-order valence-corrected chi connectivity index (χ0v) is 10.6. The summed E-state index contributed by atoms with van der Waals surface area (Å²) in [5.74, 6) is 0. The van der Waals surface area contributed by atoms with Crippen molar-refractivity contribution < 1.29 is 18.6 Å². The Morgan fingerprint density at radius 2 is 1.88 bits per heavy atom. The van der Waals surface area contributed by atoms with Crippen molar-refractivity contribution >= 4 is 9.84 Å². The van der Waals surface area contributed by atoms with Crippen LogP contribution in [0.25, 0.3) is 0 Å². The van der Waals surface area contributed by atoms with Crippen molar-refractivity contribution in [3.8, 4) is 0 Å². The predicted molar refractivity (Wildman–Crippen MR) is 65.4 cm³/mol. The van der Waals surface area contributed by atoms with Gasteiger partial charge < -0.3 is 0 Å². The van der Waals surface area contributed by atoms with E-state index in [0.29, 0.717) is 5.57 Å². The summed E-state index contributed by atoms with van der Waals surface area (Å²) in [4.78, 5) is 4.41. The Hall–Kier alpha value is -1.17. The van der Waals surface area contributed by atoms with E-state index in [-0.39, 0.29) is 4.90 Å². The highest BCUT2D eigenvalue weighted by molar-refractivity contribution is 7.92. The van der Waals surface area contributed by atoms with E-state index in [0.717, 1.165) is 0 Å². The van der Waals surface area contributed by atoms with Gasteiger partial charge in [-0.25, -0.2) is 13.3 Å². The molecule has 0 aromatic heterocycles. The third kappa shape index (κ3) is 2.94. The van der Waals surface area contributed by atoms with Crippen molar-refractivity contribution in [3.63, 3.8) is 0 Å². The van der Waals surface area contributed by atoms with Crippen LogP contribution in [-0.4, -0.2) is 25.0 Å². The highest BCUT2D eigenvalue weighted by atomic mass is 32.2. The smallest absolute Gasteiger partial charge is 0.183 e. The minimum Gasteiger partial charge on any atom is -0.251 e. The second kappa shape index (κ2) is 5.44. The number of rotatable bonds is 5. The first-order chi connectivity index (χ1) is 7.91. The minimum atomic E-state index is -3.54. The summed E-state index contributed by atoms with van der Waals surface area (Å²) < 4.78 is 24.4. The van der Waals surface area contributed by atoms with Crippen LogP contribution in [0.1, 0.15) is 13.8 Å². The molecule has 0 spiro atoms. The molecule has 0 radical (unpaired) electrons. The lowest BCUT2D eigenvalue weighted by Gasteiger charge is -2.21. The molecule has 0 amide bonds. The van der Waals surface area contributed by atoms with Crippen molar-refractivity contribution in [2.24, 2.45) is 0 Å². The lowest BCUT2D eigenvalue weighted by molar-refractivity contribution is -0.267. The van der Waals surface area contributed by atoms with Gasteiger partial charge in [0.2, 0.25) is 0 Å². The molecule has 0 aliphatic rings. The zero-order chi connectivity index (χ0) is 13.1. The van der Waals surface area contributed by atoms with Crippen LogP contribution in [-0.2, 0) is 14.7 Å². The molecule has 5 heteroatoms. The van der Waals surface area contributed by atoms with E-state index in [1.165, 1.54) is 19.1 Å². The van der Waals surface area contributed by atoms with E-state index < -0.39 is 21.2 Å². The third-order valence-electron chi connectivity index (χ3n) is 2.59. The topological polar surface area (TPSA) is 63.6 Å². The van der Waals surface area contributed by atoms with Crippen molar-refractivity contribution in [2.45, 2.75) is 30.1 Å². The molecule has 4 nitrogen and oxygen atoms in total. The first-order valence-electron chi connectivity index (χ1n) is 5.16. The second-order valence-electron chi connectivity index (χ2n) is 3.94. The SMILES string of the molecule is C=C(C)[C@H](OO)[C@@H](C)S(=O)(=O)c1ccccc1. The Bertz CT molecular complexity index is 478. The van der Waals surface area contributed by atoms with E-state index in [9.17, 15) is 8.42 Å². The zero-order valence-electron chi connectivity index (χ0n) is 9.83. The van der Waals surface area contributed by atoms with Crippen LogP contribution in [0.15, 0.2) is 47.4 Å². The molecule has 1 aromatic rings. The van der Waals surface area contributed by atoms with Gasteiger partial charge in [-0.3, -0.25) is 5.26 Å². The van der Waals surface area contributed by atoms with E-state index in [4.69, 9.17) is 5.26 Å². The number of hydrogen-bond donors (Lipinski definition) is 1. The normalized spacial score (nSPS) is 15.2. The molecular weight excluding hydrogens is 240 g/mol. The Kier molecular flexibility index (Phi) is 4.45. The summed E-state index contributed by atoms with van der Waals surface area (Å²) >= 11 is 0. The Morgan fingerprint density at radius 3 is 2.29 bits per heavy atom. The molecule has 0 saturated heterocycles. The molecule has 0 saturated carbocycles. The summed E-state index contributed by atoms with van der Waals surface area (Å²) in [6, 6.07) is 8.06. The molecule has 1 rings (SSSR count). The summed E-state index contributed by atoms with van der Waals surface area (Å²) in [6.07, 6.45) is -0.930. The maximum Gasteiger partial charge on any atom is 0.183 e. The van der Waals surface area contributed by atoms with Crippen molar-refractivity contribution in [1.82, 2.24) is 0 Å². The van der Waals surface area contributed by atoms with Crippen LogP contribution in [0.3, 0.4) is 0 Å². The maximum atomic E-state index is 12.2. The Balaban J connectivity index is 3.11. The molecule has 1 N–H and O–H groups in total. The fourth-order valence-electron chi connectivity index (χ4n) is 1.56. The Labute approximate surface area is 101 Å². The summed E-state index contributed by atoms with van der Waals surface area (Å²) in [5.41, 5.74) is 0.458. The summed E-state index contributed by atoms with van der Waals surface area (Å²) in [6.45, 7) is 6.70. The number of hydrogen-bond acceptors (Lipinski definition) is 4. The van der Waals surface area contributed by atoms with Gasteiger partial charge in [0.1, 0.15) is 6.10 Å². The molecule has 94 valence electrons. The number of sulfone groups is 1. The van der Waals surface area contributed by atoms with Gasteiger partial charge in [0.25, 0.3) is 0 Å². The molecule has 0 fully saturated rings. The van der Waals surface area contributed by atoms with Crippen molar-refractivity contribution in [2.75, 3.05) is 0 Å². The highest BCUT2D eigenvalue weighted by Gasteiger charge is 2.32. The maximum absolute atomic E-state index is 12.2. The van der Waals surface area contributed by atoms with Gasteiger partial charge in [0, 0.05) is 0 Å². The van der Waals surface area contributed by atoms with E-state index in [2.05, 4.69) is 11.5 Å². The lowest BCUT2D eigenvalue weighted by atomic mass is 10.1. The van der Waals surface area contributed by atoms with Gasteiger partial charge in [0.05, 0.1) is 10.1 Å². The molecule has 0 aliphatic carbocycles. The lowest BCUT2D eigenvalue weighted by Crippen LogP contribution is -2.33. The number of benzene rings is 1. The van der Waals surface area contributed by atoms with Crippen LogP contribution in [0.4, 0.5) is 0 Å². The van der Waals surface area contributed by atoms with Crippen LogP contribution in [0.2, 0.25) is 0 Å². The van der Waals surface area contributed by atoms with E-state index >= 15 is 0 Å².